The first-order valence-corrected chi connectivity index (χ1v) is 8.10. The lowest BCUT2D eigenvalue weighted by atomic mass is 9.89. The van der Waals surface area contributed by atoms with Crippen LogP contribution in [0.5, 0.6) is 5.75 Å². The normalized spacial score (nSPS) is 30.8. The summed E-state index contributed by atoms with van der Waals surface area (Å²) in [5.41, 5.74) is 1.33. The van der Waals surface area contributed by atoms with Crippen molar-refractivity contribution in [3.63, 3.8) is 0 Å². The molecule has 2 heterocycles. The maximum atomic E-state index is 6.24. The second-order valence-corrected chi connectivity index (χ2v) is 6.31. The molecule has 0 amide bonds. The molecular weight excluding hydrogens is 242 g/mol. The van der Waals surface area contributed by atoms with Gasteiger partial charge in [0.25, 0.3) is 0 Å². The predicted molar refractivity (Wildman–Crippen MR) is 77.3 cm³/mol. The molecule has 2 aliphatic heterocycles. The molecule has 0 saturated carbocycles. The van der Waals surface area contributed by atoms with Crippen molar-refractivity contribution in [2.45, 2.75) is 31.9 Å². The highest BCUT2D eigenvalue weighted by Gasteiger charge is 2.34. The van der Waals surface area contributed by atoms with Crippen molar-refractivity contribution >= 4 is 11.8 Å². The summed E-state index contributed by atoms with van der Waals surface area (Å²) in [5, 5.41) is 3.61. The maximum absolute atomic E-state index is 6.24. The van der Waals surface area contributed by atoms with E-state index in [-0.39, 0.29) is 0 Å². The Labute approximate surface area is 113 Å². The average Bonchev–Trinajstić information content (AvgIpc) is 2.93. The fourth-order valence-electron chi connectivity index (χ4n) is 3.02. The van der Waals surface area contributed by atoms with E-state index in [1.807, 2.05) is 0 Å². The van der Waals surface area contributed by atoms with Gasteiger partial charge in [0.1, 0.15) is 11.9 Å². The van der Waals surface area contributed by atoms with E-state index in [9.17, 15) is 0 Å². The molecule has 1 N–H and O–H groups in total. The summed E-state index contributed by atoms with van der Waals surface area (Å²) in [4.78, 5) is 0. The van der Waals surface area contributed by atoms with E-state index in [0.717, 1.165) is 24.6 Å². The van der Waals surface area contributed by atoms with Crippen molar-refractivity contribution in [1.29, 1.82) is 0 Å². The van der Waals surface area contributed by atoms with Crippen LogP contribution in [-0.4, -0.2) is 24.2 Å². The lowest BCUT2D eigenvalue weighted by Gasteiger charge is -2.35. The predicted octanol–water partition coefficient (Wildman–Crippen LogP) is 3.24. The molecule has 0 aromatic heterocycles. The third-order valence-corrected chi connectivity index (χ3v) is 5.17. The van der Waals surface area contributed by atoms with Crippen LogP contribution < -0.4 is 10.1 Å². The van der Waals surface area contributed by atoms with Gasteiger partial charge in [-0.3, -0.25) is 0 Å². The van der Waals surface area contributed by atoms with Gasteiger partial charge in [0, 0.05) is 23.9 Å². The number of nitrogens with one attached hydrogen (secondary N) is 1. The van der Waals surface area contributed by atoms with Gasteiger partial charge in [-0.2, -0.15) is 11.8 Å². The number of fused-ring (bicyclic) bond motifs is 1. The van der Waals surface area contributed by atoms with Crippen LogP contribution in [0, 0.1) is 5.92 Å². The summed E-state index contributed by atoms with van der Waals surface area (Å²) < 4.78 is 6.24. The number of hydrogen-bond acceptors (Lipinski definition) is 3. The van der Waals surface area contributed by atoms with Crippen LogP contribution in [0.15, 0.2) is 24.3 Å². The zero-order valence-electron chi connectivity index (χ0n) is 10.9. The Morgan fingerprint density at radius 1 is 1.39 bits per heavy atom. The minimum atomic E-state index is 0.402. The number of thioether (sulfide) groups is 1. The molecule has 0 aliphatic carbocycles. The van der Waals surface area contributed by atoms with Crippen LogP contribution in [0.1, 0.15) is 31.4 Å². The number of benzene rings is 1. The van der Waals surface area contributed by atoms with Crippen molar-refractivity contribution in [3.05, 3.63) is 29.8 Å². The molecule has 98 valence electrons. The van der Waals surface area contributed by atoms with Crippen LogP contribution in [0.3, 0.4) is 0 Å². The third kappa shape index (κ3) is 2.39. The quantitative estimate of drug-likeness (QED) is 0.904. The van der Waals surface area contributed by atoms with Gasteiger partial charge in [-0.1, -0.05) is 25.1 Å². The highest BCUT2D eigenvalue weighted by atomic mass is 32.2. The van der Waals surface area contributed by atoms with Crippen LogP contribution in [-0.2, 0) is 0 Å². The smallest absolute Gasteiger partial charge is 0.124 e. The molecule has 18 heavy (non-hydrogen) atoms. The van der Waals surface area contributed by atoms with Gasteiger partial charge in [-0.25, -0.2) is 0 Å². The van der Waals surface area contributed by atoms with Crippen molar-refractivity contribution in [3.8, 4) is 5.75 Å². The standard InChI is InChI=1S/C15H21NOS/c1-2-16-13-9-15(11-7-8-18-10-11)17-14-6-4-3-5-12(13)14/h3-6,11,13,15-16H,2,7-10H2,1H3. The summed E-state index contributed by atoms with van der Waals surface area (Å²) >= 11 is 2.07. The van der Waals surface area contributed by atoms with Crippen LogP contribution >= 0.6 is 11.8 Å². The Balaban J connectivity index is 1.82. The summed E-state index contributed by atoms with van der Waals surface area (Å²) in [5.74, 6) is 4.41. The first-order chi connectivity index (χ1) is 8.88. The molecule has 3 heteroatoms. The molecule has 1 aromatic carbocycles. The van der Waals surface area contributed by atoms with Gasteiger partial charge in [0.05, 0.1) is 0 Å². The maximum Gasteiger partial charge on any atom is 0.124 e. The Kier molecular flexibility index (Phi) is 3.80. The van der Waals surface area contributed by atoms with Gasteiger partial charge in [-0.05, 0) is 30.5 Å². The van der Waals surface area contributed by atoms with Gasteiger partial charge >= 0.3 is 0 Å². The zero-order valence-corrected chi connectivity index (χ0v) is 11.7. The molecule has 0 bridgehead atoms. The Hall–Kier alpha value is -0.670. The first kappa shape index (κ1) is 12.4. The summed E-state index contributed by atoms with van der Waals surface area (Å²) in [6, 6.07) is 8.97. The molecule has 2 aliphatic rings. The topological polar surface area (TPSA) is 21.3 Å². The van der Waals surface area contributed by atoms with E-state index in [4.69, 9.17) is 4.74 Å². The third-order valence-electron chi connectivity index (χ3n) is 3.98. The SMILES string of the molecule is CCNC1CC(C2CCSC2)Oc2ccccc21. The number of ether oxygens (including phenoxy) is 1. The number of para-hydroxylation sites is 1. The minimum absolute atomic E-state index is 0.402. The highest BCUT2D eigenvalue weighted by Crippen LogP contribution is 2.39. The van der Waals surface area contributed by atoms with Gasteiger partial charge < -0.3 is 10.1 Å². The summed E-state index contributed by atoms with van der Waals surface area (Å²) in [6.45, 7) is 3.20. The van der Waals surface area contributed by atoms with Crippen molar-refractivity contribution in [1.82, 2.24) is 5.32 Å². The van der Waals surface area contributed by atoms with Crippen molar-refractivity contribution < 1.29 is 4.74 Å². The molecule has 3 unspecified atom stereocenters. The fourth-order valence-corrected chi connectivity index (χ4v) is 4.34. The molecule has 1 fully saturated rings. The van der Waals surface area contributed by atoms with Gasteiger partial charge in [0.15, 0.2) is 0 Å². The highest BCUT2D eigenvalue weighted by molar-refractivity contribution is 7.99. The van der Waals surface area contributed by atoms with E-state index in [2.05, 4.69) is 48.3 Å². The van der Waals surface area contributed by atoms with E-state index < -0.39 is 0 Å². The van der Waals surface area contributed by atoms with E-state index in [1.165, 1.54) is 23.5 Å². The Bertz CT molecular complexity index is 403. The molecule has 0 radical (unpaired) electrons. The lowest BCUT2D eigenvalue weighted by molar-refractivity contribution is 0.103. The molecule has 1 saturated heterocycles. The lowest BCUT2D eigenvalue weighted by Crippen LogP contribution is -2.37. The second kappa shape index (κ2) is 5.54. The van der Waals surface area contributed by atoms with Crippen LogP contribution in [0.4, 0.5) is 0 Å². The molecule has 3 rings (SSSR count). The van der Waals surface area contributed by atoms with Crippen molar-refractivity contribution in [2.75, 3.05) is 18.1 Å². The van der Waals surface area contributed by atoms with E-state index >= 15 is 0 Å². The van der Waals surface area contributed by atoms with Crippen LogP contribution in [0.25, 0.3) is 0 Å². The second-order valence-electron chi connectivity index (χ2n) is 5.16. The zero-order chi connectivity index (χ0) is 12.4. The fraction of sp³-hybridized carbons (Fsp3) is 0.600. The van der Waals surface area contributed by atoms with Crippen molar-refractivity contribution in [2.24, 2.45) is 5.92 Å². The minimum Gasteiger partial charge on any atom is -0.490 e. The van der Waals surface area contributed by atoms with Gasteiger partial charge in [0.2, 0.25) is 0 Å². The monoisotopic (exact) mass is 263 g/mol. The molecule has 1 aromatic rings. The largest absolute Gasteiger partial charge is 0.490 e. The van der Waals surface area contributed by atoms with Gasteiger partial charge in [-0.15, -0.1) is 0 Å². The Morgan fingerprint density at radius 2 is 2.28 bits per heavy atom. The van der Waals surface area contributed by atoms with Crippen LogP contribution in [0.2, 0.25) is 0 Å². The summed E-state index contributed by atoms with van der Waals surface area (Å²) in [7, 11) is 0. The number of rotatable bonds is 3. The Morgan fingerprint density at radius 3 is 3.06 bits per heavy atom. The summed E-state index contributed by atoms with van der Waals surface area (Å²) in [6.07, 6.45) is 2.84. The first-order valence-electron chi connectivity index (χ1n) is 6.95. The average molecular weight is 263 g/mol. The van der Waals surface area contributed by atoms with E-state index in [0.29, 0.717) is 12.1 Å². The van der Waals surface area contributed by atoms with E-state index in [1.54, 1.807) is 0 Å². The number of hydrogen-bond donors (Lipinski definition) is 1. The molecule has 2 nitrogen and oxygen atoms in total. The molecular formula is C15H21NOS. The molecule has 3 atom stereocenters. The molecule has 0 spiro atoms.